The van der Waals surface area contributed by atoms with Crippen molar-refractivity contribution in [3.8, 4) is 17.0 Å². The summed E-state index contributed by atoms with van der Waals surface area (Å²) in [7, 11) is 1.76. The highest BCUT2D eigenvalue weighted by Crippen LogP contribution is 2.51. The number of carboxylic acid groups (broad SMARTS) is 1. The minimum Gasteiger partial charge on any atom is -0.487 e. The lowest BCUT2D eigenvalue weighted by Crippen LogP contribution is -2.53. The van der Waals surface area contributed by atoms with Crippen LogP contribution in [0.5, 0.6) is 5.75 Å². The van der Waals surface area contributed by atoms with Gasteiger partial charge in [-0.3, -0.25) is 9.48 Å². The molecular weight excluding hydrogens is 408 g/mol. The van der Waals surface area contributed by atoms with E-state index in [-0.39, 0.29) is 18.4 Å². The Morgan fingerprint density at radius 2 is 1.94 bits per heavy atom. The summed E-state index contributed by atoms with van der Waals surface area (Å²) in [6, 6.07) is 7.58. The predicted molar refractivity (Wildman–Crippen MR) is 121 cm³/mol. The maximum atomic E-state index is 12.3. The maximum absolute atomic E-state index is 12.3. The Balaban J connectivity index is 1.89. The van der Waals surface area contributed by atoms with Crippen molar-refractivity contribution in [3.05, 3.63) is 40.4 Å². The normalized spacial score (nSPS) is 23.2. The van der Waals surface area contributed by atoms with E-state index in [9.17, 15) is 9.90 Å². The highest BCUT2D eigenvalue weighted by molar-refractivity contribution is 5.75. The number of nitrogens with zero attached hydrogens (tertiary/aromatic N) is 6. The Bertz CT molecular complexity index is 1010. The number of carbonyl (C=O) groups is 1. The number of ether oxygens (including phenoxy) is 1. The predicted octanol–water partition coefficient (Wildman–Crippen LogP) is 5.37. The molecular formula is C23H32N6O3. The molecule has 2 aromatic rings. The molecule has 1 fully saturated rings. The maximum Gasteiger partial charge on any atom is 0.310 e. The van der Waals surface area contributed by atoms with E-state index in [0.717, 1.165) is 24.1 Å². The van der Waals surface area contributed by atoms with Crippen molar-refractivity contribution >= 4 is 5.97 Å². The van der Waals surface area contributed by atoms with Crippen molar-refractivity contribution in [2.75, 3.05) is 0 Å². The Hall–Kier alpha value is -3.06. The van der Waals surface area contributed by atoms with Gasteiger partial charge in [-0.25, -0.2) is 0 Å². The summed E-state index contributed by atoms with van der Waals surface area (Å²) in [4.78, 5) is 15.1. The zero-order valence-electron chi connectivity index (χ0n) is 19.4. The second-order valence-electron chi connectivity index (χ2n) is 9.39. The van der Waals surface area contributed by atoms with Crippen molar-refractivity contribution in [3.63, 3.8) is 0 Å². The van der Waals surface area contributed by atoms with Crippen LogP contribution in [-0.2, 0) is 18.4 Å². The molecule has 2 atom stereocenters. The number of aliphatic carboxylic acids is 1. The molecule has 1 aliphatic rings. The second kappa shape index (κ2) is 9.20. The number of benzene rings is 1. The summed E-state index contributed by atoms with van der Waals surface area (Å²) in [6.45, 7) is 8.36. The minimum atomic E-state index is -0.780. The molecule has 0 bridgehead atoms. The second-order valence-corrected chi connectivity index (χ2v) is 9.39. The van der Waals surface area contributed by atoms with Gasteiger partial charge in [-0.05, 0) is 60.9 Å². The van der Waals surface area contributed by atoms with Crippen molar-refractivity contribution in [1.29, 1.82) is 0 Å². The minimum absolute atomic E-state index is 0.0237. The van der Waals surface area contributed by atoms with Gasteiger partial charge in [-0.15, -0.1) is 5.10 Å². The summed E-state index contributed by atoms with van der Waals surface area (Å²) in [5.74, 6) is 0.158. The molecule has 0 amide bonds. The van der Waals surface area contributed by atoms with Crippen LogP contribution in [-0.4, -0.2) is 31.7 Å². The van der Waals surface area contributed by atoms with Gasteiger partial charge in [-0.2, -0.15) is 0 Å². The van der Waals surface area contributed by atoms with Crippen LogP contribution in [0.2, 0.25) is 0 Å². The van der Waals surface area contributed by atoms with Gasteiger partial charge in [0.2, 0.25) is 0 Å². The van der Waals surface area contributed by atoms with E-state index >= 15 is 0 Å². The number of carboxylic acids is 1. The van der Waals surface area contributed by atoms with Crippen LogP contribution in [0, 0.1) is 17.3 Å². The van der Waals surface area contributed by atoms with Crippen LogP contribution >= 0.6 is 0 Å². The van der Waals surface area contributed by atoms with Crippen LogP contribution < -0.4 is 4.74 Å². The molecule has 0 aliphatic heterocycles. The zero-order chi connectivity index (χ0) is 23.5. The van der Waals surface area contributed by atoms with Gasteiger partial charge in [0, 0.05) is 23.9 Å². The van der Waals surface area contributed by atoms with Gasteiger partial charge in [0.15, 0.2) is 0 Å². The summed E-state index contributed by atoms with van der Waals surface area (Å²) in [5, 5.41) is 22.0. The number of azide groups is 1. The van der Waals surface area contributed by atoms with E-state index in [1.807, 2.05) is 38.1 Å². The quantitative estimate of drug-likeness (QED) is 0.335. The average Bonchev–Trinajstić information content (AvgIpc) is 3.12. The molecule has 0 spiro atoms. The fourth-order valence-electron chi connectivity index (χ4n) is 4.83. The van der Waals surface area contributed by atoms with Gasteiger partial charge in [0.1, 0.15) is 17.0 Å². The Labute approximate surface area is 188 Å². The molecule has 1 saturated carbocycles. The molecule has 1 heterocycles. The highest BCUT2D eigenvalue weighted by Gasteiger charge is 2.53. The van der Waals surface area contributed by atoms with Crippen molar-refractivity contribution < 1.29 is 14.6 Å². The molecule has 2 unspecified atom stereocenters. The van der Waals surface area contributed by atoms with Crippen LogP contribution in [0.25, 0.3) is 21.7 Å². The average molecular weight is 441 g/mol. The van der Waals surface area contributed by atoms with E-state index in [4.69, 9.17) is 10.3 Å². The first-order valence-corrected chi connectivity index (χ1v) is 11.1. The molecule has 32 heavy (non-hydrogen) atoms. The van der Waals surface area contributed by atoms with E-state index < -0.39 is 17.0 Å². The van der Waals surface area contributed by atoms with Gasteiger partial charge < -0.3 is 9.84 Å². The van der Waals surface area contributed by atoms with Gasteiger partial charge in [0.25, 0.3) is 0 Å². The first-order chi connectivity index (χ1) is 15.1. The fourth-order valence-corrected chi connectivity index (χ4v) is 4.83. The molecule has 1 aromatic carbocycles. The smallest absolute Gasteiger partial charge is 0.310 e. The summed E-state index contributed by atoms with van der Waals surface area (Å²) in [5.41, 5.74) is 9.55. The van der Waals surface area contributed by atoms with E-state index in [1.165, 1.54) is 0 Å². The van der Waals surface area contributed by atoms with E-state index in [0.29, 0.717) is 24.3 Å². The highest BCUT2D eigenvalue weighted by atomic mass is 16.5. The Morgan fingerprint density at radius 1 is 1.25 bits per heavy atom. The lowest BCUT2D eigenvalue weighted by atomic mass is 9.59. The molecule has 1 N–H and O–H groups in total. The first-order valence-electron chi connectivity index (χ1n) is 11.1. The number of hydrogen-bond acceptors (Lipinski definition) is 5. The number of hydrogen-bond donors (Lipinski definition) is 1. The molecule has 1 aliphatic carbocycles. The van der Waals surface area contributed by atoms with E-state index in [2.05, 4.69) is 34.2 Å². The molecule has 9 heteroatoms. The zero-order valence-corrected chi connectivity index (χ0v) is 19.4. The molecule has 9 nitrogen and oxygen atoms in total. The third kappa shape index (κ3) is 4.30. The summed E-state index contributed by atoms with van der Waals surface area (Å²) >= 11 is 0. The molecule has 1 aromatic heterocycles. The third-order valence-corrected chi connectivity index (χ3v) is 7.10. The lowest BCUT2D eigenvalue weighted by Gasteiger charge is -2.49. The molecule has 172 valence electrons. The van der Waals surface area contributed by atoms with Crippen LogP contribution in [0.15, 0.2) is 29.4 Å². The summed E-state index contributed by atoms with van der Waals surface area (Å²) in [6.07, 6.45) is 2.82. The standard InChI is InChI=1S/C23H32N6O3/c1-15(2)22(21(30)31)11-6-12-23(14-22,16(3)4)32-18-9-7-17(8-10-18)20-19(13-25-27-24)29(5)28-26-20/h7-10,15-16H,6,11-14H2,1-5H3,(H,30,31). The fraction of sp³-hybridized carbons (Fsp3) is 0.609. The van der Waals surface area contributed by atoms with Gasteiger partial charge in [-0.1, -0.05) is 38.0 Å². The number of aryl methyl sites for hydroxylation is 1. The van der Waals surface area contributed by atoms with Crippen molar-refractivity contribution in [2.24, 2.45) is 29.4 Å². The largest absolute Gasteiger partial charge is 0.487 e. The number of rotatable bonds is 8. The SMILES string of the molecule is CC(C)C1(Oc2ccc(-c3nnn(C)c3CN=[N+]=[N-])cc2)CCCC(C(=O)O)(C(C)C)C1. The lowest BCUT2D eigenvalue weighted by molar-refractivity contribution is -0.164. The molecule has 0 radical (unpaired) electrons. The van der Waals surface area contributed by atoms with Gasteiger partial charge in [0.05, 0.1) is 17.7 Å². The first kappa shape index (κ1) is 23.6. The number of aromatic nitrogens is 3. The van der Waals surface area contributed by atoms with Crippen LogP contribution in [0.3, 0.4) is 0 Å². The Kier molecular flexibility index (Phi) is 6.79. The van der Waals surface area contributed by atoms with Gasteiger partial charge >= 0.3 is 5.97 Å². The van der Waals surface area contributed by atoms with Crippen LogP contribution in [0.4, 0.5) is 0 Å². The topological polar surface area (TPSA) is 126 Å². The summed E-state index contributed by atoms with van der Waals surface area (Å²) < 4.78 is 8.18. The van der Waals surface area contributed by atoms with E-state index in [1.54, 1.807) is 11.7 Å². The molecule has 0 saturated heterocycles. The third-order valence-electron chi connectivity index (χ3n) is 7.10. The molecule has 3 rings (SSSR count). The van der Waals surface area contributed by atoms with Crippen LogP contribution in [0.1, 0.15) is 59.1 Å². The monoisotopic (exact) mass is 440 g/mol. The van der Waals surface area contributed by atoms with Crippen molar-refractivity contribution in [2.45, 2.75) is 65.5 Å². The van der Waals surface area contributed by atoms with Crippen molar-refractivity contribution in [1.82, 2.24) is 15.0 Å². The Morgan fingerprint density at radius 3 is 2.50 bits per heavy atom.